The van der Waals surface area contributed by atoms with Gasteiger partial charge in [0.05, 0.1) is 5.71 Å². The molecule has 0 aromatic heterocycles. The molecule has 84 valence electrons. The van der Waals surface area contributed by atoms with Crippen molar-refractivity contribution in [2.45, 2.75) is 13.2 Å². The van der Waals surface area contributed by atoms with Gasteiger partial charge < -0.3 is 9.94 Å². The predicted octanol–water partition coefficient (Wildman–Crippen LogP) is 1.54. The number of para-hydroxylation sites is 1. The van der Waals surface area contributed by atoms with Gasteiger partial charge in [-0.2, -0.15) is 5.10 Å². The predicted molar refractivity (Wildman–Crippen MR) is 61.0 cm³/mol. The molecule has 0 aliphatic carbocycles. The highest BCUT2D eigenvalue weighted by atomic mass is 16.5. The Morgan fingerprint density at radius 1 is 1.38 bits per heavy atom. The van der Waals surface area contributed by atoms with Crippen molar-refractivity contribution in [1.29, 1.82) is 0 Å². The van der Waals surface area contributed by atoms with E-state index in [0.29, 0.717) is 17.2 Å². The molecule has 0 saturated heterocycles. The molecule has 1 N–H and O–H groups in total. The van der Waals surface area contributed by atoms with E-state index in [2.05, 4.69) is 10.3 Å². The fourth-order valence-electron chi connectivity index (χ4n) is 1.58. The first kappa shape index (κ1) is 10.5. The molecular formula is C11H13N3O2. The van der Waals surface area contributed by atoms with E-state index in [1.165, 1.54) is 0 Å². The summed E-state index contributed by atoms with van der Waals surface area (Å²) >= 11 is 0. The summed E-state index contributed by atoms with van der Waals surface area (Å²) in [5.41, 5.74) is 1.09. The van der Waals surface area contributed by atoms with Gasteiger partial charge in [0.2, 0.25) is 6.23 Å². The molecule has 0 unspecified atom stereocenters. The molecule has 2 rings (SSSR count). The van der Waals surface area contributed by atoms with Gasteiger partial charge in [0.1, 0.15) is 5.75 Å². The summed E-state index contributed by atoms with van der Waals surface area (Å²) in [6, 6.07) is 9.36. The van der Waals surface area contributed by atoms with E-state index in [9.17, 15) is 0 Å². The normalized spacial score (nSPS) is 22.4. The van der Waals surface area contributed by atoms with Gasteiger partial charge in [-0.1, -0.05) is 23.4 Å². The van der Waals surface area contributed by atoms with E-state index in [1.54, 1.807) is 19.0 Å². The molecule has 1 aliphatic rings. The lowest BCUT2D eigenvalue weighted by atomic mass is 10.2. The molecule has 0 spiro atoms. The van der Waals surface area contributed by atoms with Crippen LogP contribution in [-0.2, 0) is 0 Å². The third-order valence-electron chi connectivity index (χ3n) is 2.35. The van der Waals surface area contributed by atoms with E-state index >= 15 is 0 Å². The first-order valence-corrected chi connectivity index (χ1v) is 4.94. The van der Waals surface area contributed by atoms with Gasteiger partial charge >= 0.3 is 0 Å². The number of ether oxygens (including phenoxy) is 1. The highest BCUT2D eigenvalue weighted by Gasteiger charge is 2.31. The second-order valence-electron chi connectivity index (χ2n) is 3.53. The second kappa shape index (κ2) is 4.22. The Labute approximate surface area is 93.6 Å². The maximum atomic E-state index is 8.90. The number of oxime groups is 1. The van der Waals surface area contributed by atoms with Crippen LogP contribution in [-0.4, -0.2) is 34.9 Å². The van der Waals surface area contributed by atoms with Crippen LogP contribution in [0.4, 0.5) is 0 Å². The number of nitrogens with zero attached hydrogens (tertiary/aromatic N) is 3. The van der Waals surface area contributed by atoms with Crippen molar-refractivity contribution in [3.63, 3.8) is 0 Å². The van der Waals surface area contributed by atoms with Gasteiger partial charge in [-0.3, -0.25) is 5.01 Å². The zero-order chi connectivity index (χ0) is 11.5. The maximum absolute atomic E-state index is 8.90. The Morgan fingerprint density at radius 3 is 2.69 bits per heavy atom. The number of benzene rings is 1. The van der Waals surface area contributed by atoms with Crippen LogP contribution >= 0.6 is 0 Å². The first-order chi connectivity index (χ1) is 7.72. The van der Waals surface area contributed by atoms with Crippen molar-refractivity contribution in [3.05, 3.63) is 30.3 Å². The highest BCUT2D eigenvalue weighted by Crippen LogP contribution is 2.17. The molecule has 1 aromatic carbocycles. The molecule has 1 heterocycles. The minimum absolute atomic E-state index is 0.436. The SMILES string of the molecule is CC1=NN(C)[C@H](Oc2ccccc2)C1=NO. The van der Waals surface area contributed by atoms with E-state index in [4.69, 9.17) is 9.94 Å². The van der Waals surface area contributed by atoms with Gasteiger partial charge in [0.15, 0.2) is 5.71 Å². The summed E-state index contributed by atoms with van der Waals surface area (Å²) in [5, 5.41) is 17.9. The van der Waals surface area contributed by atoms with Crippen molar-refractivity contribution < 1.29 is 9.94 Å². The van der Waals surface area contributed by atoms with Crippen LogP contribution < -0.4 is 4.74 Å². The van der Waals surface area contributed by atoms with Gasteiger partial charge in [0, 0.05) is 7.05 Å². The molecular weight excluding hydrogens is 206 g/mol. The topological polar surface area (TPSA) is 57.4 Å². The summed E-state index contributed by atoms with van der Waals surface area (Å²) in [5.74, 6) is 0.713. The smallest absolute Gasteiger partial charge is 0.235 e. The fourth-order valence-corrected chi connectivity index (χ4v) is 1.58. The zero-order valence-corrected chi connectivity index (χ0v) is 9.16. The first-order valence-electron chi connectivity index (χ1n) is 4.94. The average molecular weight is 219 g/mol. The lowest BCUT2D eigenvalue weighted by molar-refractivity contribution is 0.111. The van der Waals surface area contributed by atoms with Crippen LogP contribution in [0.3, 0.4) is 0 Å². The van der Waals surface area contributed by atoms with Crippen LogP contribution in [0.25, 0.3) is 0 Å². The quantitative estimate of drug-likeness (QED) is 0.606. The molecule has 1 aliphatic heterocycles. The fraction of sp³-hybridized carbons (Fsp3) is 0.273. The van der Waals surface area contributed by atoms with Crippen molar-refractivity contribution in [2.24, 2.45) is 10.3 Å². The van der Waals surface area contributed by atoms with Gasteiger partial charge in [0.25, 0.3) is 0 Å². The monoisotopic (exact) mass is 219 g/mol. The van der Waals surface area contributed by atoms with Gasteiger partial charge in [-0.05, 0) is 19.1 Å². The number of hydrogen-bond donors (Lipinski definition) is 1. The maximum Gasteiger partial charge on any atom is 0.235 e. The zero-order valence-electron chi connectivity index (χ0n) is 9.16. The van der Waals surface area contributed by atoms with Crippen molar-refractivity contribution in [3.8, 4) is 5.75 Å². The van der Waals surface area contributed by atoms with Crippen LogP contribution in [0.1, 0.15) is 6.92 Å². The molecule has 0 radical (unpaired) electrons. The number of hydrogen-bond acceptors (Lipinski definition) is 5. The van der Waals surface area contributed by atoms with Gasteiger partial charge in [-0.25, -0.2) is 0 Å². The van der Waals surface area contributed by atoms with Crippen molar-refractivity contribution in [2.75, 3.05) is 7.05 Å². The Kier molecular flexibility index (Phi) is 2.76. The Balaban J connectivity index is 2.17. The average Bonchev–Trinajstić information content (AvgIpc) is 2.55. The van der Waals surface area contributed by atoms with Crippen LogP contribution in [0.5, 0.6) is 5.75 Å². The van der Waals surface area contributed by atoms with E-state index in [1.807, 2.05) is 30.3 Å². The summed E-state index contributed by atoms with van der Waals surface area (Å²) in [4.78, 5) is 0. The van der Waals surface area contributed by atoms with Gasteiger partial charge in [-0.15, -0.1) is 0 Å². The third-order valence-corrected chi connectivity index (χ3v) is 2.35. The molecule has 0 amide bonds. The minimum atomic E-state index is -0.465. The molecule has 1 aromatic rings. The standard InChI is InChI=1S/C11H13N3O2/c1-8-10(13-15)11(14(2)12-8)16-9-6-4-3-5-7-9/h3-7,11,15H,1-2H3/t11-/m1/s1. The highest BCUT2D eigenvalue weighted by molar-refractivity contribution is 6.44. The Hall–Kier alpha value is -2.04. The molecule has 0 fully saturated rings. The molecule has 0 saturated carbocycles. The van der Waals surface area contributed by atoms with Crippen molar-refractivity contribution >= 4 is 11.4 Å². The molecule has 0 bridgehead atoms. The summed E-state index contributed by atoms with van der Waals surface area (Å²) in [6.45, 7) is 1.78. The van der Waals surface area contributed by atoms with Crippen molar-refractivity contribution in [1.82, 2.24) is 5.01 Å². The lowest BCUT2D eigenvalue weighted by Crippen LogP contribution is -2.36. The van der Waals surface area contributed by atoms with E-state index in [-0.39, 0.29) is 0 Å². The summed E-state index contributed by atoms with van der Waals surface area (Å²) in [6.07, 6.45) is -0.465. The Bertz CT molecular complexity index is 428. The molecule has 16 heavy (non-hydrogen) atoms. The summed E-state index contributed by atoms with van der Waals surface area (Å²) < 4.78 is 5.68. The molecule has 1 atom stereocenters. The number of rotatable bonds is 2. The third kappa shape index (κ3) is 1.84. The summed E-state index contributed by atoms with van der Waals surface area (Å²) in [7, 11) is 1.77. The van der Waals surface area contributed by atoms with Crippen LogP contribution in [0, 0.1) is 0 Å². The molecule has 5 heteroatoms. The second-order valence-corrected chi connectivity index (χ2v) is 3.53. The van der Waals surface area contributed by atoms with Crippen LogP contribution in [0.15, 0.2) is 40.6 Å². The lowest BCUT2D eigenvalue weighted by Gasteiger charge is -2.20. The minimum Gasteiger partial charge on any atom is -0.463 e. The van der Waals surface area contributed by atoms with E-state index in [0.717, 1.165) is 0 Å². The van der Waals surface area contributed by atoms with E-state index < -0.39 is 6.23 Å². The molecule has 5 nitrogen and oxygen atoms in total. The number of hydrazone groups is 1. The Morgan fingerprint density at radius 2 is 2.06 bits per heavy atom. The van der Waals surface area contributed by atoms with Crippen LogP contribution in [0.2, 0.25) is 0 Å². The largest absolute Gasteiger partial charge is 0.463 e.